The molecule has 5 aromatic rings. The molecule has 0 aliphatic carbocycles. The molecule has 0 saturated heterocycles. The van der Waals surface area contributed by atoms with Crippen LogP contribution in [0.25, 0.3) is 27.8 Å². The average Bonchev–Trinajstić information content (AvgIpc) is 3.26. The number of fused-ring (bicyclic) bond motifs is 3. The van der Waals surface area contributed by atoms with Gasteiger partial charge in [-0.2, -0.15) is 18.2 Å². The monoisotopic (exact) mass is 453 g/mol. The zero-order valence-electron chi connectivity index (χ0n) is 16.7. The molecule has 0 fully saturated rings. The van der Waals surface area contributed by atoms with Crippen LogP contribution >= 0.6 is 11.6 Å². The second-order valence-electron chi connectivity index (χ2n) is 7.28. The molecule has 3 aromatic carbocycles. The van der Waals surface area contributed by atoms with E-state index in [1.807, 2.05) is 48.3 Å². The van der Waals surface area contributed by atoms with Crippen molar-refractivity contribution in [2.75, 3.05) is 11.9 Å². The van der Waals surface area contributed by atoms with Gasteiger partial charge in [-0.15, -0.1) is 10.2 Å². The lowest BCUT2D eigenvalue weighted by Crippen LogP contribution is -2.13. The highest BCUT2D eigenvalue weighted by Crippen LogP contribution is 2.34. The summed E-state index contributed by atoms with van der Waals surface area (Å²) >= 11 is 6.20. The summed E-state index contributed by atoms with van der Waals surface area (Å²) in [6.07, 6.45) is -2.79. The van der Waals surface area contributed by atoms with Gasteiger partial charge in [-0.05, 0) is 53.6 Å². The van der Waals surface area contributed by atoms with Crippen LogP contribution in [0.5, 0.6) is 0 Å². The predicted molar refractivity (Wildman–Crippen MR) is 118 cm³/mol. The third-order valence-corrected chi connectivity index (χ3v) is 5.53. The third kappa shape index (κ3) is 3.52. The molecule has 9 heteroatoms. The molecule has 0 bridgehead atoms. The molecular weight excluding hydrogens is 439 g/mol. The summed E-state index contributed by atoms with van der Waals surface area (Å²) in [7, 11) is 1.87. The average molecular weight is 454 g/mol. The second-order valence-corrected chi connectivity index (χ2v) is 7.72. The minimum Gasteiger partial charge on any atom is -0.329 e. The van der Waals surface area contributed by atoms with E-state index in [0.29, 0.717) is 22.2 Å². The summed E-state index contributed by atoms with van der Waals surface area (Å²) in [6.45, 7) is 0. The molecule has 5 rings (SSSR count). The van der Waals surface area contributed by atoms with Crippen LogP contribution in [0, 0.1) is 0 Å². The van der Waals surface area contributed by atoms with E-state index in [4.69, 9.17) is 11.6 Å². The third-order valence-electron chi connectivity index (χ3n) is 5.29. The number of halogens is 4. The van der Waals surface area contributed by atoms with E-state index in [1.54, 1.807) is 16.8 Å². The van der Waals surface area contributed by atoms with Gasteiger partial charge in [0.15, 0.2) is 0 Å². The largest absolute Gasteiger partial charge is 0.416 e. The van der Waals surface area contributed by atoms with Crippen LogP contribution in [0.1, 0.15) is 5.56 Å². The zero-order chi connectivity index (χ0) is 22.5. The summed E-state index contributed by atoms with van der Waals surface area (Å²) in [5.74, 6) is 1.09. The maximum Gasteiger partial charge on any atom is 0.416 e. The molecule has 5 nitrogen and oxygen atoms in total. The lowest BCUT2D eigenvalue weighted by atomic mass is 10.0. The van der Waals surface area contributed by atoms with Crippen LogP contribution in [0.3, 0.4) is 0 Å². The van der Waals surface area contributed by atoms with Crippen LogP contribution in [0.15, 0.2) is 73.1 Å². The minimum absolute atomic E-state index is 0.431. The molecular formula is C23H15ClF3N5. The first kappa shape index (κ1) is 20.3. The fourth-order valence-corrected chi connectivity index (χ4v) is 3.81. The molecule has 0 unspecified atom stereocenters. The summed E-state index contributed by atoms with van der Waals surface area (Å²) in [4.78, 5) is 6.56. The van der Waals surface area contributed by atoms with E-state index in [2.05, 4.69) is 15.2 Å². The Labute approximate surface area is 185 Å². The number of anilines is 2. The van der Waals surface area contributed by atoms with Gasteiger partial charge in [0.2, 0.25) is 0 Å². The van der Waals surface area contributed by atoms with Crippen molar-refractivity contribution in [1.29, 1.82) is 0 Å². The highest BCUT2D eigenvalue weighted by molar-refractivity contribution is 6.31. The Balaban J connectivity index is 1.58. The van der Waals surface area contributed by atoms with Crippen molar-refractivity contribution in [3.63, 3.8) is 0 Å². The van der Waals surface area contributed by atoms with Gasteiger partial charge >= 0.3 is 6.18 Å². The van der Waals surface area contributed by atoms with Crippen molar-refractivity contribution in [2.24, 2.45) is 0 Å². The molecule has 0 aliphatic rings. The number of aromatic nitrogens is 4. The van der Waals surface area contributed by atoms with Gasteiger partial charge in [0.25, 0.3) is 5.78 Å². The Morgan fingerprint density at radius 2 is 1.72 bits per heavy atom. The second kappa shape index (κ2) is 7.49. The number of rotatable bonds is 3. The lowest BCUT2D eigenvalue weighted by molar-refractivity contribution is -0.137. The fraction of sp³-hybridized carbons (Fsp3) is 0.0870. The minimum atomic E-state index is -4.36. The van der Waals surface area contributed by atoms with Crippen molar-refractivity contribution < 1.29 is 13.2 Å². The molecule has 32 heavy (non-hydrogen) atoms. The van der Waals surface area contributed by atoms with Gasteiger partial charge in [0, 0.05) is 23.1 Å². The van der Waals surface area contributed by atoms with Gasteiger partial charge in [-0.25, -0.2) is 0 Å². The van der Waals surface area contributed by atoms with Crippen LogP contribution < -0.4 is 4.90 Å². The number of nitrogens with zero attached hydrogens (tertiary/aromatic N) is 5. The van der Waals surface area contributed by atoms with Crippen molar-refractivity contribution in [2.45, 2.75) is 6.18 Å². The molecule has 2 aromatic heterocycles. The van der Waals surface area contributed by atoms with E-state index >= 15 is 0 Å². The van der Waals surface area contributed by atoms with E-state index in [1.165, 1.54) is 12.1 Å². The normalized spacial score (nSPS) is 11.9. The van der Waals surface area contributed by atoms with Crippen molar-refractivity contribution in [3.05, 3.63) is 83.6 Å². The smallest absolute Gasteiger partial charge is 0.329 e. The van der Waals surface area contributed by atoms with Crippen molar-refractivity contribution in [1.82, 2.24) is 19.6 Å². The quantitative estimate of drug-likeness (QED) is 0.318. The predicted octanol–water partition coefficient (Wildman–Crippen LogP) is 6.38. The first-order valence-corrected chi connectivity index (χ1v) is 9.99. The first-order valence-electron chi connectivity index (χ1n) is 9.62. The number of hydrogen-bond donors (Lipinski definition) is 0. The van der Waals surface area contributed by atoms with Gasteiger partial charge in [0.1, 0.15) is 12.1 Å². The summed E-state index contributed by atoms with van der Waals surface area (Å²) in [6, 6.07) is 18.1. The van der Waals surface area contributed by atoms with Crippen LogP contribution in [0.4, 0.5) is 24.7 Å². The topological polar surface area (TPSA) is 46.3 Å². The lowest BCUT2D eigenvalue weighted by Gasteiger charge is -2.21. The molecule has 2 heterocycles. The Morgan fingerprint density at radius 3 is 2.47 bits per heavy atom. The van der Waals surface area contributed by atoms with Crippen LogP contribution in [-0.2, 0) is 6.18 Å². The fourth-order valence-electron chi connectivity index (χ4n) is 3.65. The molecule has 0 radical (unpaired) electrons. The molecule has 0 atom stereocenters. The molecule has 0 N–H and O–H groups in total. The number of benzene rings is 3. The maximum absolute atomic E-state index is 12.9. The first-order chi connectivity index (χ1) is 15.3. The molecule has 0 amide bonds. The Hall–Kier alpha value is -3.65. The Kier molecular flexibility index (Phi) is 4.74. The summed E-state index contributed by atoms with van der Waals surface area (Å²) in [5.41, 5.74) is 2.43. The van der Waals surface area contributed by atoms with Gasteiger partial charge in [-0.3, -0.25) is 4.40 Å². The standard InChI is InChI=1S/C23H15ClF3N5/c1-31(21-19-10-9-17(24)12-20(19)32-13-28-30-22(32)29-21)18-4-2-3-15(11-18)14-5-7-16(8-6-14)23(25,26)27/h2-13H,1H3. The summed E-state index contributed by atoms with van der Waals surface area (Å²) < 4.78 is 40.4. The maximum atomic E-state index is 12.9. The number of hydrogen-bond acceptors (Lipinski definition) is 4. The Bertz CT molecular complexity index is 1440. The molecule has 0 spiro atoms. The van der Waals surface area contributed by atoms with Crippen molar-refractivity contribution >= 4 is 39.8 Å². The highest BCUT2D eigenvalue weighted by Gasteiger charge is 2.30. The van der Waals surface area contributed by atoms with E-state index in [9.17, 15) is 13.2 Å². The van der Waals surface area contributed by atoms with Crippen LogP contribution in [0.2, 0.25) is 5.02 Å². The SMILES string of the molecule is CN(c1cccc(-c2ccc(C(F)(F)F)cc2)c1)c1nc2nncn2c2cc(Cl)ccc12. The highest BCUT2D eigenvalue weighted by atomic mass is 35.5. The Morgan fingerprint density at radius 1 is 0.938 bits per heavy atom. The number of alkyl halides is 3. The van der Waals surface area contributed by atoms with Gasteiger partial charge in [0.05, 0.1) is 11.1 Å². The van der Waals surface area contributed by atoms with Crippen molar-refractivity contribution in [3.8, 4) is 11.1 Å². The van der Waals surface area contributed by atoms with E-state index < -0.39 is 11.7 Å². The molecule has 0 aliphatic heterocycles. The van der Waals surface area contributed by atoms with Crippen LogP contribution in [-0.4, -0.2) is 26.6 Å². The van der Waals surface area contributed by atoms with E-state index in [0.717, 1.165) is 34.3 Å². The summed E-state index contributed by atoms with van der Waals surface area (Å²) in [5, 5.41) is 9.44. The van der Waals surface area contributed by atoms with Gasteiger partial charge in [-0.1, -0.05) is 35.9 Å². The zero-order valence-corrected chi connectivity index (χ0v) is 17.4. The molecule has 160 valence electrons. The molecule has 0 saturated carbocycles. The van der Waals surface area contributed by atoms with Gasteiger partial charge < -0.3 is 4.90 Å². The van der Waals surface area contributed by atoms with E-state index in [-0.39, 0.29) is 0 Å².